The lowest BCUT2D eigenvalue weighted by atomic mass is 9.83. The summed E-state index contributed by atoms with van der Waals surface area (Å²) in [5.41, 5.74) is 0.955. The molecular weight excluding hydrogens is 797 g/mol. The molecule has 0 bridgehead atoms. The van der Waals surface area contributed by atoms with Gasteiger partial charge in [-0.3, -0.25) is 29.0 Å². The number of carbonyl (C=O) groups excluding carboxylic acids is 6. The fraction of sp³-hybridized carbons (Fsp3) is 0.556. The van der Waals surface area contributed by atoms with E-state index in [1.165, 1.54) is 12.5 Å². The number of aromatic amines is 1. The first kappa shape index (κ1) is 50.7. The summed E-state index contributed by atoms with van der Waals surface area (Å²) in [7, 11) is 0. The molecule has 2 heterocycles. The number of imidazole rings is 1. The van der Waals surface area contributed by atoms with Crippen molar-refractivity contribution in [3.63, 3.8) is 0 Å². The molecule has 340 valence electrons. The van der Waals surface area contributed by atoms with E-state index in [0.29, 0.717) is 17.8 Å². The van der Waals surface area contributed by atoms with Gasteiger partial charge in [-0.15, -0.1) is 0 Å². The lowest BCUT2D eigenvalue weighted by molar-refractivity contribution is -0.147. The summed E-state index contributed by atoms with van der Waals surface area (Å²) in [5.74, 6) is -6.13. The molecule has 8 N–H and O–H groups in total. The number of carbonyl (C=O) groups is 6. The number of hydrogen-bond acceptors (Lipinski definition) is 11. The van der Waals surface area contributed by atoms with Crippen LogP contribution in [0.25, 0.3) is 0 Å². The Hall–Kier alpha value is -5.68. The number of amides is 5. The molecule has 0 saturated carbocycles. The molecule has 1 aromatic carbocycles. The van der Waals surface area contributed by atoms with Gasteiger partial charge in [0, 0.05) is 30.9 Å². The summed E-state index contributed by atoms with van der Waals surface area (Å²) >= 11 is 0. The average Bonchev–Trinajstić information content (AvgIpc) is 3.73. The second-order valence-electron chi connectivity index (χ2n) is 17.4. The van der Waals surface area contributed by atoms with Gasteiger partial charge in [-0.25, -0.2) is 9.78 Å². The molecule has 1 unspecified atom stereocenters. The Morgan fingerprint density at radius 2 is 1.40 bits per heavy atom. The molecule has 0 saturated heterocycles. The number of aromatic nitrogens is 3. The standard InChI is InChI=1S/C45H66N8O9/c1-10-28(6)36(43(60)48-24-30-18-14-15-19-47-30)53-42(59)35(27(4)5)38(55)39(56)37(54)32(20-26(2)3)50-41(58)34(22-31-23-46-25-49-31)51-40(57)33(21-29-16-12-11-13-17-29)52-44(61)62-45(7,8)9/h11-19,23,25-28,32-36,38-39,55-56H,10,20-22,24H2,1-9H3,(H,46,49)(H,48,60)(H,50,58)(H,51,57)(H,52,61)(H,53,59)/t28?,32-,33-,34-,35+,36-,38+,39+/m0/s1. The number of alkyl carbamates (subject to hydrolysis) is 1. The van der Waals surface area contributed by atoms with E-state index in [-0.39, 0.29) is 37.6 Å². The van der Waals surface area contributed by atoms with Crippen LogP contribution in [-0.2, 0) is 48.1 Å². The van der Waals surface area contributed by atoms with Crippen LogP contribution in [0.3, 0.4) is 0 Å². The van der Waals surface area contributed by atoms with Crippen molar-refractivity contribution in [3.8, 4) is 0 Å². The van der Waals surface area contributed by atoms with Crippen molar-refractivity contribution in [2.45, 2.75) is 137 Å². The molecule has 5 amide bonds. The number of aliphatic hydroxyl groups excluding tert-OH is 2. The van der Waals surface area contributed by atoms with Gasteiger partial charge >= 0.3 is 6.09 Å². The number of pyridine rings is 1. The molecule has 0 aliphatic heterocycles. The minimum atomic E-state index is -2.13. The predicted molar refractivity (Wildman–Crippen MR) is 232 cm³/mol. The van der Waals surface area contributed by atoms with Crippen molar-refractivity contribution in [1.82, 2.24) is 41.5 Å². The van der Waals surface area contributed by atoms with E-state index >= 15 is 0 Å². The summed E-state index contributed by atoms with van der Waals surface area (Å²) in [6.07, 6.45) is 0.0842. The van der Waals surface area contributed by atoms with Crippen molar-refractivity contribution in [3.05, 3.63) is 84.2 Å². The zero-order valence-corrected chi connectivity index (χ0v) is 37.3. The Bertz CT molecular complexity index is 1890. The second kappa shape index (κ2) is 24.1. The van der Waals surface area contributed by atoms with E-state index in [2.05, 4.69) is 41.5 Å². The summed E-state index contributed by atoms with van der Waals surface area (Å²) in [5, 5.41) is 36.6. The average molecular weight is 863 g/mol. The van der Waals surface area contributed by atoms with E-state index < -0.39 is 89.3 Å². The monoisotopic (exact) mass is 862 g/mol. The summed E-state index contributed by atoms with van der Waals surface area (Å²) in [6.45, 7) is 15.7. The Kier molecular flexibility index (Phi) is 19.7. The van der Waals surface area contributed by atoms with Crippen LogP contribution in [0.1, 0.15) is 92.1 Å². The predicted octanol–water partition coefficient (Wildman–Crippen LogP) is 2.91. The van der Waals surface area contributed by atoms with Gasteiger partial charge in [0.1, 0.15) is 29.8 Å². The lowest BCUT2D eigenvalue weighted by Gasteiger charge is -2.33. The van der Waals surface area contributed by atoms with Gasteiger partial charge in [-0.1, -0.05) is 84.4 Å². The first-order valence-electron chi connectivity index (χ1n) is 21.2. The highest BCUT2D eigenvalue weighted by molar-refractivity contribution is 5.96. The van der Waals surface area contributed by atoms with Crippen LogP contribution < -0.4 is 26.6 Å². The molecule has 3 aromatic rings. The van der Waals surface area contributed by atoms with Gasteiger partial charge in [0.2, 0.25) is 23.6 Å². The molecule has 0 aliphatic rings. The zero-order valence-electron chi connectivity index (χ0n) is 37.3. The smallest absolute Gasteiger partial charge is 0.408 e. The van der Waals surface area contributed by atoms with Gasteiger partial charge < -0.3 is 46.5 Å². The molecule has 2 aromatic heterocycles. The van der Waals surface area contributed by atoms with Gasteiger partial charge in [0.15, 0.2) is 5.78 Å². The molecule has 0 aliphatic carbocycles. The number of ketones is 1. The van der Waals surface area contributed by atoms with Crippen molar-refractivity contribution in [1.29, 1.82) is 0 Å². The molecule has 0 spiro atoms. The third kappa shape index (κ3) is 16.3. The highest BCUT2D eigenvalue weighted by atomic mass is 16.6. The van der Waals surface area contributed by atoms with E-state index in [4.69, 9.17) is 4.74 Å². The number of ether oxygens (including phenoxy) is 1. The van der Waals surface area contributed by atoms with Crippen LogP contribution in [0.4, 0.5) is 4.79 Å². The van der Waals surface area contributed by atoms with Crippen molar-refractivity contribution in [2.24, 2.45) is 23.7 Å². The second-order valence-corrected chi connectivity index (χ2v) is 17.4. The highest BCUT2D eigenvalue weighted by Crippen LogP contribution is 2.22. The fourth-order valence-electron chi connectivity index (χ4n) is 6.76. The van der Waals surface area contributed by atoms with Crippen LogP contribution in [0.5, 0.6) is 0 Å². The third-order valence-corrected chi connectivity index (χ3v) is 10.2. The van der Waals surface area contributed by atoms with Crippen LogP contribution in [0, 0.1) is 23.7 Å². The first-order chi connectivity index (χ1) is 29.2. The van der Waals surface area contributed by atoms with Gasteiger partial charge in [0.05, 0.1) is 36.6 Å². The van der Waals surface area contributed by atoms with Gasteiger partial charge in [-0.05, 0) is 62.6 Å². The Labute approximate surface area is 364 Å². The van der Waals surface area contributed by atoms with Crippen LogP contribution >= 0.6 is 0 Å². The Balaban J connectivity index is 1.85. The van der Waals surface area contributed by atoms with Crippen molar-refractivity contribution in [2.75, 3.05) is 0 Å². The molecule has 8 atom stereocenters. The molecule has 0 radical (unpaired) electrons. The van der Waals surface area contributed by atoms with Gasteiger partial charge in [-0.2, -0.15) is 0 Å². The highest BCUT2D eigenvalue weighted by Gasteiger charge is 2.42. The maximum atomic E-state index is 14.2. The third-order valence-electron chi connectivity index (χ3n) is 10.2. The maximum Gasteiger partial charge on any atom is 0.408 e. The molecule has 17 heteroatoms. The quantitative estimate of drug-likeness (QED) is 0.0688. The lowest BCUT2D eigenvalue weighted by Crippen LogP contribution is -2.59. The van der Waals surface area contributed by atoms with E-state index in [1.807, 2.05) is 13.0 Å². The summed E-state index contributed by atoms with van der Waals surface area (Å²) < 4.78 is 5.42. The SMILES string of the molecule is CCC(C)[C@H](NC(=O)[C@H](C(C)C)[C@@H](O)[C@H](O)C(=O)[C@H](CC(C)C)NC(=O)[C@H](Cc1cnc[nH]1)NC(=O)[C@H](Cc1ccccc1)NC(=O)OC(C)(C)C)C(=O)NCc1ccccn1. The largest absolute Gasteiger partial charge is 0.444 e. The van der Waals surface area contributed by atoms with Crippen LogP contribution in [-0.4, -0.2) is 103 Å². The van der Waals surface area contributed by atoms with E-state index in [0.717, 1.165) is 5.56 Å². The minimum absolute atomic E-state index is 0.0288. The Morgan fingerprint density at radius 3 is 1.95 bits per heavy atom. The van der Waals surface area contributed by atoms with E-state index in [9.17, 15) is 39.0 Å². The van der Waals surface area contributed by atoms with Gasteiger partial charge in [0.25, 0.3) is 0 Å². The van der Waals surface area contributed by atoms with Crippen LogP contribution in [0.2, 0.25) is 0 Å². The van der Waals surface area contributed by atoms with E-state index in [1.54, 1.807) is 104 Å². The molecule has 3 rings (SSSR count). The van der Waals surface area contributed by atoms with Crippen molar-refractivity contribution >= 4 is 35.5 Å². The maximum absolute atomic E-state index is 14.2. The molecule has 62 heavy (non-hydrogen) atoms. The number of nitrogens with zero attached hydrogens (tertiary/aromatic N) is 2. The fourth-order valence-corrected chi connectivity index (χ4v) is 6.76. The number of rotatable bonds is 23. The number of H-pyrrole nitrogens is 1. The Morgan fingerprint density at radius 1 is 0.774 bits per heavy atom. The molecular formula is C45H66N8O9. The van der Waals surface area contributed by atoms with Crippen molar-refractivity contribution < 1.29 is 43.7 Å². The van der Waals surface area contributed by atoms with Crippen LogP contribution in [0.15, 0.2) is 67.3 Å². The zero-order chi connectivity index (χ0) is 46.1. The molecule has 0 fully saturated rings. The number of nitrogens with one attached hydrogen (secondary N) is 6. The number of hydrogen-bond donors (Lipinski definition) is 8. The molecule has 17 nitrogen and oxygen atoms in total. The summed E-state index contributed by atoms with van der Waals surface area (Å²) in [6, 6.07) is 9.37. The number of Topliss-reactive ketones (excluding diaryl/α,β-unsaturated/α-hetero) is 1. The minimum Gasteiger partial charge on any atom is -0.444 e. The number of benzene rings is 1. The number of aliphatic hydroxyl groups is 2. The normalized spacial score (nSPS) is 15.5. The first-order valence-corrected chi connectivity index (χ1v) is 21.2. The topological polar surface area (TPSA) is 254 Å². The summed E-state index contributed by atoms with van der Waals surface area (Å²) in [4.78, 5) is 93.6.